The molecule has 1 aromatic rings. The smallest absolute Gasteiger partial charge is 0.316 e. The maximum atomic E-state index is 12.7. The molecule has 2 atom stereocenters. The Morgan fingerprint density at radius 2 is 2.06 bits per heavy atom. The highest BCUT2D eigenvalue weighted by Crippen LogP contribution is 2.24. The minimum atomic E-state index is -1.03. The lowest BCUT2D eigenvalue weighted by molar-refractivity contribution is -0.522. The first-order valence-corrected chi connectivity index (χ1v) is 6.20. The SMILES string of the molecule is CC(SCC(c1ccc(F)cc1)[N+](=O)[O-])C(=O)O. The van der Waals surface area contributed by atoms with E-state index in [-0.39, 0.29) is 5.75 Å². The van der Waals surface area contributed by atoms with Crippen molar-refractivity contribution < 1.29 is 19.2 Å². The van der Waals surface area contributed by atoms with Gasteiger partial charge in [-0.25, -0.2) is 4.39 Å². The topological polar surface area (TPSA) is 80.4 Å². The Bertz CT molecular complexity index is 437. The lowest BCUT2D eigenvalue weighted by Crippen LogP contribution is -2.18. The van der Waals surface area contributed by atoms with E-state index >= 15 is 0 Å². The zero-order valence-electron chi connectivity index (χ0n) is 9.58. The first-order valence-electron chi connectivity index (χ1n) is 5.15. The second kappa shape index (κ2) is 6.34. The fourth-order valence-corrected chi connectivity index (χ4v) is 2.20. The largest absolute Gasteiger partial charge is 0.480 e. The summed E-state index contributed by atoms with van der Waals surface area (Å²) in [6, 6.07) is 3.95. The maximum Gasteiger partial charge on any atom is 0.316 e. The molecule has 0 saturated carbocycles. The number of nitrogens with zero attached hydrogens (tertiary/aromatic N) is 1. The Labute approximate surface area is 107 Å². The summed E-state index contributed by atoms with van der Waals surface area (Å²) in [4.78, 5) is 21.0. The van der Waals surface area contributed by atoms with Crippen molar-refractivity contribution in [1.29, 1.82) is 0 Å². The Morgan fingerprint density at radius 1 is 1.50 bits per heavy atom. The van der Waals surface area contributed by atoms with Gasteiger partial charge in [0.25, 0.3) is 0 Å². The van der Waals surface area contributed by atoms with Gasteiger partial charge >= 0.3 is 5.97 Å². The summed E-state index contributed by atoms with van der Waals surface area (Å²) in [5.74, 6) is -1.44. The van der Waals surface area contributed by atoms with Crippen LogP contribution in [0.2, 0.25) is 0 Å². The molecule has 1 rings (SSSR count). The van der Waals surface area contributed by atoms with Crippen molar-refractivity contribution in [2.24, 2.45) is 0 Å². The number of hydrogen-bond acceptors (Lipinski definition) is 4. The minimum Gasteiger partial charge on any atom is -0.480 e. The van der Waals surface area contributed by atoms with Crippen molar-refractivity contribution in [2.45, 2.75) is 18.2 Å². The number of carbonyl (C=O) groups is 1. The number of carboxylic acids is 1. The van der Waals surface area contributed by atoms with E-state index in [1.165, 1.54) is 19.1 Å². The van der Waals surface area contributed by atoms with Gasteiger partial charge in [0.1, 0.15) is 5.82 Å². The first-order chi connectivity index (χ1) is 8.41. The number of thioether (sulfide) groups is 1. The Hall–Kier alpha value is -1.63. The van der Waals surface area contributed by atoms with Gasteiger partial charge in [-0.05, 0) is 31.2 Å². The Morgan fingerprint density at radius 3 is 2.50 bits per heavy atom. The average molecular weight is 273 g/mol. The third-order valence-electron chi connectivity index (χ3n) is 2.36. The van der Waals surface area contributed by atoms with E-state index in [0.29, 0.717) is 5.56 Å². The normalized spacial score (nSPS) is 13.9. The second-order valence-electron chi connectivity index (χ2n) is 3.67. The van der Waals surface area contributed by atoms with Gasteiger partial charge in [-0.3, -0.25) is 14.9 Å². The predicted molar refractivity (Wildman–Crippen MR) is 65.7 cm³/mol. The summed E-state index contributed by atoms with van der Waals surface area (Å²) in [7, 11) is 0. The Kier molecular flexibility index (Phi) is 5.08. The molecular formula is C11H12FNO4S. The van der Waals surface area contributed by atoms with Gasteiger partial charge in [-0.2, -0.15) is 0 Å². The molecule has 0 radical (unpaired) electrons. The molecule has 0 aliphatic carbocycles. The zero-order valence-corrected chi connectivity index (χ0v) is 10.4. The number of rotatable bonds is 6. The molecule has 0 heterocycles. The summed E-state index contributed by atoms with van der Waals surface area (Å²) in [5, 5.41) is 18.9. The van der Waals surface area contributed by atoms with Gasteiger partial charge in [0.15, 0.2) is 0 Å². The quantitative estimate of drug-likeness (QED) is 0.635. The highest BCUT2D eigenvalue weighted by Gasteiger charge is 2.25. The number of benzene rings is 1. The van der Waals surface area contributed by atoms with Gasteiger partial charge in [0.2, 0.25) is 6.04 Å². The molecular weight excluding hydrogens is 261 g/mol. The third kappa shape index (κ3) is 3.99. The van der Waals surface area contributed by atoms with Crippen LogP contribution in [0.3, 0.4) is 0 Å². The van der Waals surface area contributed by atoms with Gasteiger partial charge < -0.3 is 5.11 Å². The summed E-state index contributed by atoms with van der Waals surface area (Å²) < 4.78 is 12.7. The number of halogens is 1. The standard InChI is InChI=1S/C11H12FNO4S/c1-7(11(14)15)18-6-10(13(16)17)8-2-4-9(12)5-3-8/h2-5,7,10H,6H2,1H3,(H,14,15). The average Bonchev–Trinajstić information content (AvgIpc) is 2.30. The van der Waals surface area contributed by atoms with Crippen molar-refractivity contribution in [3.05, 3.63) is 45.8 Å². The number of carboxylic acid groups (broad SMARTS) is 1. The lowest BCUT2D eigenvalue weighted by Gasteiger charge is -2.11. The molecule has 1 N–H and O–H groups in total. The predicted octanol–water partition coefficient (Wildman–Crippen LogP) is 2.35. The van der Waals surface area contributed by atoms with Crippen molar-refractivity contribution in [3.8, 4) is 0 Å². The highest BCUT2D eigenvalue weighted by molar-refractivity contribution is 8.00. The summed E-state index contributed by atoms with van der Waals surface area (Å²) in [6.45, 7) is 1.47. The Balaban J connectivity index is 2.75. The van der Waals surface area contributed by atoms with Gasteiger partial charge in [0.05, 0.1) is 11.0 Å². The van der Waals surface area contributed by atoms with Crippen LogP contribution < -0.4 is 0 Å². The van der Waals surface area contributed by atoms with Crippen LogP contribution in [0.1, 0.15) is 18.5 Å². The van der Waals surface area contributed by atoms with Crippen LogP contribution in [0.5, 0.6) is 0 Å². The molecule has 0 bridgehead atoms. The van der Waals surface area contributed by atoms with Gasteiger partial charge in [-0.1, -0.05) is 0 Å². The highest BCUT2D eigenvalue weighted by atomic mass is 32.2. The molecule has 1 aromatic carbocycles. The van der Waals surface area contributed by atoms with Gasteiger partial charge in [0, 0.05) is 10.5 Å². The van der Waals surface area contributed by atoms with Crippen LogP contribution in [-0.2, 0) is 4.79 Å². The molecule has 0 amide bonds. The van der Waals surface area contributed by atoms with E-state index in [4.69, 9.17) is 5.11 Å². The van der Waals surface area contributed by atoms with E-state index in [9.17, 15) is 19.3 Å². The minimum absolute atomic E-state index is 0.0338. The molecule has 0 aliphatic heterocycles. The molecule has 2 unspecified atom stereocenters. The maximum absolute atomic E-state index is 12.7. The number of aliphatic carboxylic acids is 1. The van der Waals surface area contributed by atoms with E-state index in [0.717, 1.165) is 23.9 Å². The molecule has 0 aliphatic rings. The first kappa shape index (κ1) is 14.4. The van der Waals surface area contributed by atoms with E-state index < -0.39 is 28.0 Å². The van der Waals surface area contributed by atoms with Crippen molar-refractivity contribution in [1.82, 2.24) is 0 Å². The van der Waals surface area contributed by atoms with Crippen LogP contribution in [0.25, 0.3) is 0 Å². The van der Waals surface area contributed by atoms with Crippen LogP contribution in [0.4, 0.5) is 4.39 Å². The van der Waals surface area contributed by atoms with Crippen molar-refractivity contribution in [3.63, 3.8) is 0 Å². The molecule has 0 saturated heterocycles. The molecule has 18 heavy (non-hydrogen) atoms. The van der Waals surface area contributed by atoms with Gasteiger partial charge in [-0.15, -0.1) is 11.8 Å². The monoisotopic (exact) mass is 273 g/mol. The van der Waals surface area contributed by atoms with E-state index in [2.05, 4.69) is 0 Å². The lowest BCUT2D eigenvalue weighted by atomic mass is 10.1. The molecule has 7 heteroatoms. The second-order valence-corrected chi connectivity index (χ2v) is 5.04. The molecule has 0 spiro atoms. The van der Waals surface area contributed by atoms with Crippen molar-refractivity contribution >= 4 is 17.7 Å². The number of nitro groups is 1. The molecule has 0 fully saturated rings. The van der Waals surface area contributed by atoms with Crippen LogP contribution >= 0.6 is 11.8 Å². The number of hydrogen-bond donors (Lipinski definition) is 1. The zero-order chi connectivity index (χ0) is 13.7. The summed E-state index contributed by atoms with van der Waals surface area (Å²) >= 11 is 0.985. The molecule has 98 valence electrons. The molecule has 5 nitrogen and oxygen atoms in total. The third-order valence-corrected chi connectivity index (χ3v) is 3.57. The van der Waals surface area contributed by atoms with Crippen LogP contribution in [-0.4, -0.2) is 27.0 Å². The van der Waals surface area contributed by atoms with Crippen LogP contribution in [0.15, 0.2) is 24.3 Å². The summed E-state index contributed by atoms with van der Waals surface area (Å²) in [6.07, 6.45) is 0. The summed E-state index contributed by atoms with van der Waals surface area (Å²) in [5.41, 5.74) is 0.367. The fourth-order valence-electron chi connectivity index (χ4n) is 1.27. The van der Waals surface area contributed by atoms with Crippen molar-refractivity contribution in [2.75, 3.05) is 5.75 Å². The van der Waals surface area contributed by atoms with Crippen LogP contribution in [0, 0.1) is 15.9 Å². The van der Waals surface area contributed by atoms with E-state index in [1.807, 2.05) is 0 Å². The van der Waals surface area contributed by atoms with E-state index in [1.54, 1.807) is 0 Å². The fraction of sp³-hybridized carbons (Fsp3) is 0.364. The molecule has 0 aromatic heterocycles.